The van der Waals surface area contributed by atoms with Gasteiger partial charge in [0.15, 0.2) is 0 Å². The highest BCUT2D eigenvalue weighted by molar-refractivity contribution is 5.88. The predicted molar refractivity (Wildman–Crippen MR) is 121 cm³/mol. The van der Waals surface area contributed by atoms with Gasteiger partial charge in [-0.15, -0.1) is 0 Å². The van der Waals surface area contributed by atoms with Crippen LogP contribution in [0.3, 0.4) is 0 Å². The highest BCUT2D eigenvalue weighted by Crippen LogP contribution is 2.44. The van der Waals surface area contributed by atoms with Crippen molar-refractivity contribution >= 4 is 18.0 Å². The van der Waals surface area contributed by atoms with Gasteiger partial charge in [-0.25, -0.2) is 4.79 Å². The summed E-state index contributed by atoms with van der Waals surface area (Å²) in [5.41, 5.74) is 5.50. The maximum absolute atomic E-state index is 12.6. The van der Waals surface area contributed by atoms with E-state index in [4.69, 9.17) is 4.74 Å². The number of methoxy groups -OCH3 is 1. The van der Waals surface area contributed by atoms with Crippen molar-refractivity contribution in [3.05, 3.63) is 71.3 Å². The van der Waals surface area contributed by atoms with Crippen LogP contribution in [0.5, 0.6) is 0 Å². The van der Waals surface area contributed by atoms with Crippen molar-refractivity contribution in [1.29, 1.82) is 0 Å². The van der Waals surface area contributed by atoms with Crippen molar-refractivity contribution in [3.8, 4) is 11.1 Å². The first-order chi connectivity index (χ1) is 15.4. The van der Waals surface area contributed by atoms with Crippen LogP contribution >= 0.6 is 0 Å². The standard InChI is InChI=1S/C25H28N2O5/c1-16(2)12-13-22(24(29)26-14-23(28)31-3)27-25(30)32-15-21-19-10-6-4-8-17(19)18-9-5-7-11-20(18)21/h4-12,21-22H,13-15H2,1-3H3,(H,26,29)(H,27,30)/t22-/m0/s1. The molecule has 0 fully saturated rings. The number of fused-ring (bicyclic) bond motifs is 3. The Labute approximate surface area is 187 Å². The average Bonchev–Trinajstić information content (AvgIpc) is 3.12. The van der Waals surface area contributed by atoms with E-state index in [0.717, 1.165) is 27.8 Å². The van der Waals surface area contributed by atoms with Crippen LogP contribution in [0.1, 0.15) is 37.3 Å². The molecule has 0 radical (unpaired) electrons. The molecule has 2 aromatic rings. The van der Waals surface area contributed by atoms with Gasteiger partial charge in [0.2, 0.25) is 5.91 Å². The molecule has 1 aliphatic carbocycles. The van der Waals surface area contributed by atoms with Crippen LogP contribution in [0, 0.1) is 0 Å². The molecular formula is C25H28N2O5. The number of rotatable bonds is 8. The van der Waals surface area contributed by atoms with Crippen molar-refractivity contribution in [3.63, 3.8) is 0 Å². The molecule has 2 aromatic carbocycles. The zero-order valence-corrected chi connectivity index (χ0v) is 18.5. The quantitative estimate of drug-likeness (QED) is 0.488. The van der Waals surface area contributed by atoms with E-state index >= 15 is 0 Å². The third-order valence-electron chi connectivity index (χ3n) is 5.35. The first-order valence-corrected chi connectivity index (χ1v) is 10.5. The molecule has 0 aliphatic heterocycles. The Kier molecular flexibility index (Phi) is 7.65. The first-order valence-electron chi connectivity index (χ1n) is 10.5. The number of hydrogen-bond donors (Lipinski definition) is 2. The van der Waals surface area contributed by atoms with Crippen LogP contribution in [-0.4, -0.2) is 44.3 Å². The van der Waals surface area contributed by atoms with Gasteiger partial charge in [-0.05, 0) is 42.5 Å². The second kappa shape index (κ2) is 10.6. The minimum Gasteiger partial charge on any atom is -0.468 e. The molecule has 0 heterocycles. The lowest BCUT2D eigenvalue weighted by Crippen LogP contribution is -2.48. The highest BCUT2D eigenvalue weighted by Gasteiger charge is 2.29. The van der Waals surface area contributed by atoms with Gasteiger partial charge in [0, 0.05) is 5.92 Å². The molecule has 3 rings (SSSR count). The number of alkyl carbamates (subject to hydrolysis) is 1. The Morgan fingerprint density at radius 1 is 1.00 bits per heavy atom. The second-order valence-corrected chi connectivity index (χ2v) is 7.83. The number of hydrogen-bond acceptors (Lipinski definition) is 5. The summed E-state index contributed by atoms with van der Waals surface area (Å²) in [5.74, 6) is -1.13. The zero-order chi connectivity index (χ0) is 23.1. The number of carbonyl (C=O) groups is 3. The fourth-order valence-corrected chi connectivity index (χ4v) is 3.72. The van der Waals surface area contributed by atoms with Gasteiger partial charge in [0.25, 0.3) is 0 Å². The normalized spacial score (nSPS) is 12.7. The number of amides is 2. The molecule has 168 valence electrons. The number of benzene rings is 2. The smallest absolute Gasteiger partial charge is 0.407 e. The summed E-state index contributed by atoms with van der Waals surface area (Å²) in [4.78, 5) is 36.3. The number of esters is 1. The lowest BCUT2D eigenvalue weighted by Gasteiger charge is -2.19. The summed E-state index contributed by atoms with van der Waals surface area (Å²) < 4.78 is 10.1. The molecule has 0 bridgehead atoms. The number of carbonyl (C=O) groups excluding carboxylic acids is 3. The largest absolute Gasteiger partial charge is 0.468 e. The molecular weight excluding hydrogens is 408 g/mol. The van der Waals surface area contributed by atoms with Crippen LogP contribution in [0.15, 0.2) is 60.2 Å². The van der Waals surface area contributed by atoms with Crippen molar-refractivity contribution in [1.82, 2.24) is 10.6 Å². The van der Waals surface area contributed by atoms with Crippen molar-refractivity contribution < 1.29 is 23.9 Å². The number of nitrogens with one attached hydrogen (secondary N) is 2. The maximum Gasteiger partial charge on any atom is 0.407 e. The fraction of sp³-hybridized carbons (Fsp3) is 0.320. The molecule has 7 heteroatoms. The highest BCUT2D eigenvalue weighted by atomic mass is 16.5. The summed E-state index contributed by atoms with van der Waals surface area (Å²) >= 11 is 0. The molecule has 0 saturated heterocycles. The molecule has 1 aliphatic rings. The van der Waals surface area contributed by atoms with Crippen LogP contribution in [-0.2, 0) is 19.1 Å². The van der Waals surface area contributed by atoms with E-state index in [1.165, 1.54) is 7.11 Å². The van der Waals surface area contributed by atoms with Gasteiger partial charge in [0.05, 0.1) is 7.11 Å². The molecule has 0 saturated carbocycles. The van der Waals surface area contributed by atoms with E-state index in [9.17, 15) is 14.4 Å². The minimum absolute atomic E-state index is 0.0717. The third-order valence-corrected chi connectivity index (χ3v) is 5.35. The monoisotopic (exact) mass is 436 g/mol. The maximum atomic E-state index is 12.6. The third kappa shape index (κ3) is 5.55. The summed E-state index contributed by atoms with van der Waals surface area (Å²) in [6.45, 7) is 3.68. The van der Waals surface area contributed by atoms with E-state index in [1.54, 1.807) is 0 Å². The molecule has 7 nitrogen and oxygen atoms in total. The molecule has 2 amide bonds. The Bertz CT molecular complexity index is 981. The van der Waals surface area contributed by atoms with Crippen molar-refractivity contribution in [2.24, 2.45) is 0 Å². The van der Waals surface area contributed by atoms with Crippen LogP contribution < -0.4 is 10.6 Å². The number of ether oxygens (including phenoxy) is 2. The molecule has 1 atom stereocenters. The van der Waals surface area contributed by atoms with Crippen LogP contribution in [0.4, 0.5) is 4.79 Å². The SMILES string of the molecule is COC(=O)CNC(=O)[C@H](CC=C(C)C)NC(=O)OCC1c2ccccc2-c2ccccc21. The van der Waals surface area contributed by atoms with E-state index < -0.39 is 24.0 Å². The summed E-state index contributed by atoms with van der Waals surface area (Å²) in [5, 5.41) is 5.09. The van der Waals surface area contributed by atoms with Gasteiger partial charge in [-0.1, -0.05) is 60.2 Å². The molecule has 32 heavy (non-hydrogen) atoms. The molecule has 0 spiro atoms. The fourth-order valence-electron chi connectivity index (χ4n) is 3.72. The summed E-state index contributed by atoms with van der Waals surface area (Å²) in [6, 6.07) is 15.3. The molecule has 0 unspecified atom stereocenters. The van der Waals surface area contributed by atoms with E-state index in [2.05, 4.69) is 27.5 Å². The predicted octanol–water partition coefficient (Wildman–Crippen LogP) is 3.54. The van der Waals surface area contributed by atoms with E-state index in [-0.39, 0.29) is 25.5 Å². The Morgan fingerprint density at radius 2 is 1.59 bits per heavy atom. The van der Waals surface area contributed by atoms with Gasteiger partial charge in [0.1, 0.15) is 19.2 Å². The van der Waals surface area contributed by atoms with Crippen LogP contribution in [0.25, 0.3) is 11.1 Å². The minimum atomic E-state index is -0.870. The molecule has 2 N–H and O–H groups in total. The Hall–Kier alpha value is -3.61. The van der Waals surface area contributed by atoms with Gasteiger partial charge in [-0.2, -0.15) is 0 Å². The Morgan fingerprint density at radius 3 is 2.16 bits per heavy atom. The van der Waals surface area contributed by atoms with Crippen molar-refractivity contribution in [2.75, 3.05) is 20.3 Å². The average molecular weight is 437 g/mol. The summed E-state index contributed by atoms with van der Waals surface area (Å²) in [6.07, 6.45) is 1.43. The van der Waals surface area contributed by atoms with Gasteiger partial charge in [-0.3, -0.25) is 9.59 Å². The van der Waals surface area contributed by atoms with E-state index in [0.29, 0.717) is 0 Å². The lowest BCUT2D eigenvalue weighted by atomic mass is 9.98. The number of allylic oxidation sites excluding steroid dienone is 1. The lowest BCUT2D eigenvalue weighted by molar-refractivity contribution is -0.141. The van der Waals surface area contributed by atoms with E-state index in [1.807, 2.05) is 56.3 Å². The zero-order valence-electron chi connectivity index (χ0n) is 18.5. The topological polar surface area (TPSA) is 93.7 Å². The second-order valence-electron chi connectivity index (χ2n) is 7.83. The molecule has 0 aromatic heterocycles. The van der Waals surface area contributed by atoms with Crippen molar-refractivity contribution in [2.45, 2.75) is 32.2 Å². The first kappa shape index (κ1) is 23.1. The van der Waals surface area contributed by atoms with Crippen LogP contribution in [0.2, 0.25) is 0 Å². The van der Waals surface area contributed by atoms with Gasteiger partial charge >= 0.3 is 12.1 Å². The Balaban J connectivity index is 1.65. The summed E-state index contributed by atoms with van der Waals surface area (Å²) in [7, 11) is 1.24. The van der Waals surface area contributed by atoms with Gasteiger partial charge < -0.3 is 20.1 Å².